The summed E-state index contributed by atoms with van der Waals surface area (Å²) in [6, 6.07) is 17.8. The van der Waals surface area contributed by atoms with Crippen LogP contribution in [-0.2, 0) is 14.3 Å². The standard InChI is InChI=1S/C22H19N3O4/c1-23-22(28)16-6-4-7-18(13-16)25-20(26)14-29-21(27)12-11-17-10-9-15-5-2-3-8-19(15)24-17/h2-13H,14H2,1H3,(H,23,28)(H,25,26)/b12-11+. The third-order valence-electron chi connectivity index (χ3n) is 3.99. The highest BCUT2D eigenvalue weighted by Gasteiger charge is 2.08. The van der Waals surface area contributed by atoms with Gasteiger partial charge in [-0.05, 0) is 36.4 Å². The first-order valence-corrected chi connectivity index (χ1v) is 8.88. The zero-order valence-electron chi connectivity index (χ0n) is 15.7. The molecule has 3 aromatic rings. The van der Waals surface area contributed by atoms with Gasteiger partial charge >= 0.3 is 5.97 Å². The highest BCUT2D eigenvalue weighted by Crippen LogP contribution is 2.13. The van der Waals surface area contributed by atoms with Crippen LogP contribution in [0.2, 0.25) is 0 Å². The summed E-state index contributed by atoms with van der Waals surface area (Å²) >= 11 is 0. The number of fused-ring (bicyclic) bond motifs is 1. The Labute approximate surface area is 167 Å². The molecule has 0 bridgehead atoms. The zero-order valence-corrected chi connectivity index (χ0v) is 15.7. The number of ether oxygens (including phenoxy) is 1. The Balaban J connectivity index is 1.52. The summed E-state index contributed by atoms with van der Waals surface area (Å²) < 4.78 is 4.94. The quantitative estimate of drug-likeness (QED) is 0.499. The molecule has 2 amide bonds. The summed E-state index contributed by atoms with van der Waals surface area (Å²) in [6.07, 6.45) is 2.75. The SMILES string of the molecule is CNC(=O)c1cccc(NC(=O)COC(=O)/C=C/c2ccc3ccccc3n2)c1. The third kappa shape index (κ3) is 5.49. The lowest BCUT2D eigenvalue weighted by Crippen LogP contribution is -2.21. The number of nitrogens with one attached hydrogen (secondary N) is 2. The minimum Gasteiger partial charge on any atom is -0.452 e. The largest absolute Gasteiger partial charge is 0.452 e. The van der Waals surface area contributed by atoms with E-state index >= 15 is 0 Å². The normalized spacial score (nSPS) is 10.7. The second kappa shape index (κ2) is 9.27. The molecule has 0 saturated heterocycles. The second-order valence-electron chi connectivity index (χ2n) is 6.08. The van der Waals surface area contributed by atoms with Gasteiger partial charge in [0.2, 0.25) is 0 Å². The maximum Gasteiger partial charge on any atom is 0.331 e. The minimum atomic E-state index is -0.658. The predicted octanol–water partition coefficient (Wildman–Crippen LogP) is 2.79. The number of carbonyl (C=O) groups is 3. The van der Waals surface area contributed by atoms with Gasteiger partial charge in [-0.15, -0.1) is 0 Å². The van der Waals surface area contributed by atoms with Crippen molar-refractivity contribution >= 4 is 40.4 Å². The second-order valence-corrected chi connectivity index (χ2v) is 6.08. The van der Waals surface area contributed by atoms with Gasteiger partial charge in [-0.3, -0.25) is 9.59 Å². The van der Waals surface area contributed by atoms with Crippen LogP contribution in [0.25, 0.3) is 17.0 Å². The van der Waals surface area contributed by atoms with Crippen LogP contribution in [0, 0.1) is 0 Å². The Bertz CT molecular complexity index is 1090. The van der Waals surface area contributed by atoms with Crippen molar-refractivity contribution in [2.45, 2.75) is 0 Å². The monoisotopic (exact) mass is 389 g/mol. The molecule has 0 atom stereocenters. The first-order chi connectivity index (χ1) is 14.0. The van der Waals surface area contributed by atoms with Crippen molar-refractivity contribution in [1.82, 2.24) is 10.3 Å². The van der Waals surface area contributed by atoms with E-state index in [4.69, 9.17) is 4.74 Å². The van der Waals surface area contributed by atoms with Gasteiger partial charge in [0.15, 0.2) is 6.61 Å². The van der Waals surface area contributed by atoms with Crippen molar-refractivity contribution in [3.63, 3.8) is 0 Å². The number of rotatable bonds is 6. The number of carbonyl (C=O) groups excluding carboxylic acids is 3. The van der Waals surface area contributed by atoms with Crippen LogP contribution in [0.15, 0.2) is 66.7 Å². The number of hydrogen-bond donors (Lipinski definition) is 2. The van der Waals surface area contributed by atoms with Crippen LogP contribution in [0.3, 0.4) is 0 Å². The van der Waals surface area contributed by atoms with Gasteiger partial charge in [-0.25, -0.2) is 9.78 Å². The number of para-hydroxylation sites is 1. The smallest absolute Gasteiger partial charge is 0.331 e. The number of hydrogen-bond acceptors (Lipinski definition) is 5. The molecule has 3 rings (SSSR count). The van der Waals surface area contributed by atoms with Gasteiger partial charge < -0.3 is 15.4 Å². The van der Waals surface area contributed by atoms with E-state index in [0.29, 0.717) is 16.9 Å². The van der Waals surface area contributed by atoms with E-state index in [-0.39, 0.29) is 5.91 Å². The maximum atomic E-state index is 12.0. The van der Waals surface area contributed by atoms with Crippen molar-refractivity contribution in [1.29, 1.82) is 0 Å². The van der Waals surface area contributed by atoms with Gasteiger partial charge in [0, 0.05) is 29.8 Å². The number of aromatic nitrogens is 1. The van der Waals surface area contributed by atoms with E-state index in [9.17, 15) is 14.4 Å². The molecule has 2 N–H and O–H groups in total. The summed E-state index contributed by atoms with van der Waals surface area (Å²) in [5, 5.41) is 6.09. The number of nitrogens with zero attached hydrogens (tertiary/aromatic N) is 1. The zero-order chi connectivity index (χ0) is 20.6. The molecule has 1 heterocycles. The maximum absolute atomic E-state index is 12.0. The molecule has 146 valence electrons. The molecular formula is C22H19N3O4. The van der Waals surface area contributed by atoms with Crippen LogP contribution < -0.4 is 10.6 Å². The number of pyridine rings is 1. The fourth-order valence-electron chi connectivity index (χ4n) is 2.59. The molecule has 0 spiro atoms. The topological polar surface area (TPSA) is 97.4 Å². The first-order valence-electron chi connectivity index (χ1n) is 8.88. The molecule has 7 nitrogen and oxygen atoms in total. The Morgan fingerprint density at radius 1 is 1.03 bits per heavy atom. The molecule has 0 unspecified atom stereocenters. The van der Waals surface area contributed by atoms with E-state index in [0.717, 1.165) is 10.9 Å². The minimum absolute atomic E-state index is 0.264. The Morgan fingerprint density at radius 2 is 1.86 bits per heavy atom. The van der Waals surface area contributed by atoms with Crippen LogP contribution in [-0.4, -0.2) is 36.4 Å². The van der Waals surface area contributed by atoms with Gasteiger partial charge in [0.25, 0.3) is 11.8 Å². The summed E-state index contributed by atoms with van der Waals surface area (Å²) in [7, 11) is 1.52. The van der Waals surface area contributed by atoms with E-state index in [1.807, 2.05) is 30.3 Å². The molecule has 0 saturated carbocycles. The summed E-state index contributed by atoms with van der Waals surface area (Å²) in [5.74, 6) is -1.43. The van der Waals surface area contributed by atoms with E-state index in [1.165, 1.54) is 25.3 Å². The summed E-state index contributed by atoms with van der Waals surface area (Å²) in [5.41, 5.74) is 2.27. The molecule has 0 aliphatic carbocycles. The van der Waals surface area contributed by atoms with Crippen molar-refractivity contribution in [3.8, 4) is 0 Å². The highest BCUT2D eigenvalue weighted by molar-refractivity contribution is 5.98. The fourth-order valence-corrected chi connectivity index (χ4v) is 2.59. The van der Waals surface area contributed by atoms with E-state index in [1.54, 1.807) is 24.3 Å². The number of anilines is 1. The number of benzene rings is 2. The fraction of sp³-hybridized carbons (Fsp3) is 0.0909. The van der Waals surface area contributed by atoms with Gasteiger partial charge in [-0.1, -0.05) is 30.3 Å². The van der Waals surface area contributed by atoms with Gasteiger partial charge in [0.05, 0.1) is 11.2 Å². The Hall–Kier alpha value is -4.00. The summed E-state index contributed by atoms with van der Waals surface area (Å²) in [6.45, 7) is -0.446. The average Bonchev–Trinajstić information content (AvgIpc) is 2.75. The Morgan fingerprint density at radius 3 is 2.69 bits per heavy atom. The molecule has 29 heavy (non-hydrogen) atoms. The summed E-state index contributed by atoms with van der Waals surface area (Å²) in [4.78, 5) is 39.9. The van der Waals surface area contributed by atoms with Gasteiger partial charge in [-0.2, -0.15) is 0 Å². The molecule has 0 radical (unpaired) electrons. The molecule has 7 heteroatoms. The van der Waals surface area contributed by atoms with Crippen LogP contribution in [0.4, 0.5) is 5.69 Å². The van der Waals surface area contributed by atoms with Crippen molar-refractivity contribution in [2.24, 2.45) is 0 Å². The molecule has 1 aromatic heterocycles. The predicted molar refractivity (Wildman–Crippen MR) is 110 cm³/mol. The van der Waals surface area contributed by atoms with Gasteiger partial charge in [0.1, 0.15) is 0 Å². The number of amides is 2. The van der Waals surface area contributed by atoms with Crippen molar-refractivity contribution in [2.75, 3.05) is 19.0 Å². The number of esters is 1. The molecule has 0 aliphatic rings. The lowest BCUT2D eigenvalue weighted by Gasteiger charge is -2.07. The van der Waals surface area contributed by atoms with Crippen LogP contribution >= 0.6 is 0 Å². The van der Waals surface area contributed by atoms with E-state index in [2.05, 4.69) is 15.6 Å². The van der Waals surface area contributed by atoms with Crippen molar-refractivity contribution in [3.05, 3.63) is 78.0 Å². The lowest BCUT2D eigenvalue weighted by atomic mass is 10.2. The van der Waals surface area contributed by atoms with Crippen LogP contribution in [0.5, 0.6) is 0 Å². The van der Waals surface area contributed by atoms with Crippen LogP contribution in [0.1, 0.15) is 16.1 Å². The molecule has 2 aromatic carbocycles. The Kier molecular flexibility index (Phi) is 6.32. The molecular weight excluding hydrogens is 370 g/mol. The lowest BCUT2D eigenvalue weighted by molar-refractivity contribution is -0.142. The average molecular weight is 389 g/mol. The molecule has 0 fully saturated rings. The first kappa shape index (κ1) is 19.8. The van der Waals surface area contributed by atoms with E-state index < -0.39 is 18.5 Å². The van der Waals surface area contributed by atoms with Crippen molar-refractivity contribution < 1.29 is 19.1 Å². The molecule has 0 aliphatic heterocycles. The highest BCUT2D eigenvalue weighted by atomic mass is 16.5. The third-order valence-corrected chi connectivity index (χ3v) is 3.99.